The molecule has 1 aliphatic rings. The van der Waals surface area contributed by atoms with E-state index in [1.807, 2.05) is 30.0 Å². The third kappa shape index (κ3) is 3.62. The first-order valence-electron chi connectivity index (χ1n) is 8.02. The zero-order valence-corrected chi connectivity index (χ0v) is 13.7. The van der Waals surface area contributed by atoms with Gasteiger partial charge in [0, 0.05) is 44.9 Å². The number of fused-ring (bicyclic) bond motifs is 1. The van der Waals surface area contributed by atoms with Gasteiger partial charge in [-0.1, -0.05) is 6.07 Å². The minimum absolute atomic E-state index is 0.00191. The van der Waals surface area contributed by atoms with E-state index in [0.717, 1.165) is 25.1 Å². The molecule has 5 heteroatoms. The minimum Gasteiger partial charge on any atom is -0.385 e. The number of aromatic nitrogens is 2. The molecule has 1 aliphatic heterocycles. The second-order valence-electron chi connectivity index (χ2n) is 6.21. The average molecular weight is 313 g/mol. The van der Waals surface area contributed by atoms with Gasteiger partial charge in [0.2, 0.25) is 0 Å². The Morgan fingerprint density at radius 2 is 2.22 bits per heavy atom. The van der Waals surface area contributed by atoms with Crippen LogP contribution in [0, 0.1) is 12.8 Å². The number of carbonyl (C=O) groups is 1. The maximum atomic E-state index is 12.8. The van der Waals surface area contributed by atoms with Gasteiger partial charge in [-0.2, -0.15) is 0 Å². The summed E-state index contributed by atoms with van der Waals surface area (Å²) in [6.07, 6.45) is 4.78. The summed E-state index contributed by atoms with van der Waals surface area (Å²) in [5.41, 5.74) is 2.75. The van der Waals surface area contributed by atoms with E-state index >= 15 is 0 Å². The van der Waals surface area contributed by atoms with Crippen LogP contribution in [0.4, 0.5) is 0 Å². The van der Waals surface area contributed by atoms with Gasteiger partial charge in [0.05, 0.1) is 6.54 Å². The molecule has 23 heavy (non-hydrogen) atoms. The smallest absolute Gasteiger partial charge is 0.272 e. The number of hydrogen-bond donors (Lipinski definition) is 0. The minimum atomic E-state index is 0.00191. The van der Waals surface area contributed by atoms with Crippen LogP contribution in [0.2, 0.25) is 0 Å². The largest absolute Gasteiger partial charge is 0.385 e. The number of rotatable bonds is 4. The summed E-state index contributed by atoms with van der Waals surface area (Å²) >= 11 is 0. The second-order valence-corrected chi connectivity index (χ2v) is 6.21. The van der Waals surface area contributed by atoms with Crippen molar-refractivity contribution in [3.8, 4) is 0 Å². The Hall–Kier alpha value is -2.14. The molecule has 0 fully saturated rings. The summed E-state index contributed by atoms with van der Waals surface area (Å²) in [4.78, 5) is 19.0. The van der Waals surface area contributed by atoms with Gasteiger partial charge in [0.15, 0.2) is 0 Å². The SMILES string of the molecule is COCCC1CN(C(=O)c2ccc(C)cn2)Cc2cccn2C1. The van der Waals surface area contributed by atoms with Crippen molar-refractivity contribution in [2.45, 2.75) is 26.4 Å². The summed E-state index contributed by atoms with van der Waals surface area (Å²) in [5.74, 6) is 0.389. The van der Waals surface area contributed by atoms with Gasteiger partial charge >= 0.3 is 0 Å². The number of hydrogen-bond acceptors (Lipinski definition) is 3. The van der Waals surface area contributed by atoms with E-state index in [4.69, 9.17) is 4.74 Å². The Morgan fingerprint density at radius 3 is 2.96 bits per heavy atom. The van der Waals surface area contributed by atoms with Gasteiger partial charge < -0.3 is 14.2 Å². The topological polar surface area (TPSA) is 47.4 Å². The summed E-state index contributed by atoms with van der Waals surface area (Å²) in [7, 11) is 1.72. The van der Waals surface area contributed by atoms with Gasteiger partial charge in [-0.25, -0.2) is 0 Å². The predicted octanol–water partition coefficient (Wildman–Crippen LogP) is 2.50. The summed E-state index contributed by atoms with van der Waals surface area (Å²) < 4.78 is 7.47. The van der Waals surface area contributed by atoms with Gasteiger partial charge in [0.1, 0.15) is 5.69 Å². The first kappa shape index (κ1) is 15.7. The van der Waals surface area contributed by atoms with Crippen molar-refractivity contribution in [3.63, 3.8) is 0 Å². The van der Waals surface area contributed by atoms with Gasteiger partial charge in [-0.05, 0) is 43.0 Å². The number of pyridine rings is 1. The fourth-order valence-electron chi connectivity index (χ4n) is 3.06. The fourth-order valence-corrected chi connectivity index (χ4v) is 3.06. The lowest BCUT2D eigenvalue weighted by atomic mass is 10.1. The molecule has 122 valence electrons. The molecule has 0 spiro atoms. The van der Waals surface area contributed by atoms with Gasteiger partial charge in [0.25, 0.3) is 5.91 Å². The van der Waals surface area contributed by atoms with Crippen LogP contribution in [0.1, 0.15) is 28.2 Å². The van der Waals surface area contributed by atoms with Crippen LogP contribution in [-0.2, 0) is 17.8 Å². The predicted molar refractivity (Wildman–Crippen MR) is 88.1 cm³/mol. The van der Waals surface area contributed by atoms with Crippen LogP contribution in [-0.4, -0.2) is 40.6 Å². The standard InChI is InChI=1S/C18H23N3O2/c1-14-5-6-17(19-10-14)18(22)21-12-15(7-9-23-2)11-20-8-3-4-16(20)13-21/h3-6,8,10,15H,7,9,11-13H2,1-2H3. The van der Waals surface area contributed by atoms with Gasteiger partial charge in [-0.3, -0.25) is 9.78 Å². The number of amides is 1. The van der Waals surface area contributed by atoms with Crippen LogP contribution in [0.25, 0.3) is 0 Å². The average Bonchev–Trinajstić information content (AvgIpc) is 2.91. The van der Waals surface area contributed by atoms with Crippen molar-refractivity contribution in [1.29, 1.82) is 0 Å². The molecule has 0 aromatic carbocycles. The summed E-state index contributed by atoms with van der Waals surface area (Å²) in [6, 6.07) is 7.87. The maximum Gasteiger partial charge on any atom is 0.272 e. The molecule has 0 bridgehead atoms. The Bertz CT molecular complexity index is 663. The highest BCUT2D eigenvalue weighted by Crippen LogP contribution is 2.21. The van der Waals surface area contributed by atoms with Crippen LogP contribution >= 0.6 is 0 Å². The molecule has 0 N–H and O–H groups in total. The Kier molecular flexibility index (Phi) is 4.76. The normalized spacial score (nSPS) is 17.7. The molecular formula is C18H23N3O2. The van der Waals surface area contributed by atoms with E-state index < -0.39 is 0 Å². The van der Waals surface area contributed by atoms with Crippen molar-refractivity contribution >= 4 is 5.91 Å². The first-order chi connectivity index (χ1) is 11.2. The van der Waals surface area contributed by atoms with Crippen molar-refractivity contribution < 1.29 is 9.53 Å². The van der Waals surface area contributed by atoms with Crippen LogP contribution in [0.15, 0.2) is 36.7 Å². The summed E-state index contributed by atoms with van der Waals surface area (Å²) in [5, 5.41) is 0. The molecule has 1 unspecified atom stereocenters. The van der Waals surface area contributed by atoms with E-state index in [1.165, 1.54) is 5.69 Å². The number of aryl methyl sites for hydroxylation is 1. The number of nitrogens with zero attached hydrogens (tertiary/aromatic N) is 3. The fraction of sp³-hybridized carbons (Fsp3) is 0.444. The maximum absolute atomic E-state index is 12.8. The van der Waals surface area contributed by atoms with Crippen LogP contribution in [0.5, 0.6) is 0 Å². The lowest BCUT2D eigenvalue weighted by molar-refractivity contribution is 0.0699. The highest BCUT2D eigenvalue weighted by Gasteiger charge is 2.26. The van der Waals surface area contributed by atoms with E-state index in [9.17, 15) is 4.79 Å². The van der Waals surface area contributed by atoms with E-state index in [2.05, 4.69) is 21.8 Å². The summed E-state index contributed by atoms with van der Waals surface area (Å²) in [6.45, 7) is 4.98. The molecule has 2 aromatic rings. The molecule has 1 atom stereocenters. The highest BCUT2D eigenvalue weighted by molar-refractivity contribution is 5.92. The molecule has 0 saturated carbocycles. The molecule has 5 nitrogen and oxygen atoms in total. The third-order valence-corrected chi connectivity index (χ3v) is 4.36. The van der Waals surface area contributed by atoms with Crippen LogP contribution < -0.4 is 0 Å². The van der Waals surface area contributed by atoms with E-state index in [0.29, 0.717) is 24.8 Å². The molecule has 3 heterocycles. The molecule has 0 saturated heterocycles. The second kappa shape index (κ2) is 6.96. The van der Waals surface area contributed by atoms with E-state index in [1.54, 1.807) is 13.3 Å². The zero-order valence-electron chi connectivity index (χ0n) is 13.7. The third-order valence-electron chi connectivity index (χ3n) is 4.36. The highest BCUT2D eigenvalue weighted by atomic mass is 16.5. The van der Waals surface area contributed by atoms with Gasteiger partial charge in [-0.15, -0.1) is 0 Å². The lowest BCUT2D eigenvalue weighted by Crippen LogP contribution is -2.34. The Labute approximate surface area is 136 Å². The number of methoxy groups -OCH3 is 1. The molecule has 3 rings (SSSR count). The lowest BCUT2D eigenvalue weighted by Gasteiger charge is -2.24. The van der Waals surface area contributed by atoms with Crippen molar-refractivity contribution in [2.24, 2.45) is 5.92 Å². The molecule has 0 radical (unpaired) electrons. The van der Waals surface area contributed by atoms with E-state index in [-0.39, 0.29) is 5.91 Å². The van der Waals surface area contributed by atoms with Crippen molar-refractivity contribution in [2.75, 3.05) is 20.3 Å². The molecular weight excluding hydrogens is 290 g/mol. The zero-order chi connectivity index (χ0) is 16.2. The molecule has 2 aromatic heterocycles. The Balaban J connectivity index is 1.82. The monoisotopic (exact) mass is 313 g/mol. The molecule has 1 amide bonds. The van der Waals surface area contributed by atoms with Crippen LogP contribution in [0.3, 0.4) is 0 Å². The van der Waals surface area contributed by atoms with Crippen molar-refractivity contribution in [1.82, 2.24) is 14.5 Å². The van der Waals surface area contributed by atoms with Crippen molar-refractivity contribution in [3.05, 3.63) is 53.6 Å². The number of carbonyl (C=O) groups excluding carboxylic acids is 1. The first-order valence-corrected chi connectivity index (χ1v) is 8.02. The number of ether oxygens (including phenoxy) is 1. The quantitative estimate of drug-likeness (QED) is 0.871. The molecule has 0 aliphatic carbocycles. The Morgan fingerprint density at radius 1 is 1.35 bits per heavy atom.